The molecule has 1 aliphatic heterocycles. The Bertz CT molecular complexity index is 1060. The van der Waals surface area contributed by atoms with Crippen molar-refractivity contribution in [1.29, 1.82) is 0 Å². The van der Waals surface area contributed by atoms with Gasteiger partial charge in [-0.1, -0.05) is 58.0 Å². The van der Waals surface area contributed by atoms with Crippen molar-refractivity contribution in [2.45, 2.75) is 54.1 Å². The summed E-state index contributed by atoms with van der Waals surface area (Å²) in [5, 5.41) is 0.581. The zero-order valence-electron chi connectivity index (χ0n) is 19.5. The van der Waals surface area contributed by atoms with Crippen LogP contribution >= 0.6 is 0 Å². The average molecular weight is 437 g/mol. The Labute approximate surface area is 189 Å². The Balaban J connectivity index is 0.000000860. The molecule has 4 rings (SSSR count). The molecular weight excluding hydrogens is 404 g/mol. The van der Waals surface area contributed by atoms with Gasteiger partial charge in [-0.05, 0) is 35.7 Å². The molecule has 0 atom stereocenters. The Morgan fingerprint density at radius 1 is 1.00 bits per heavy atom. The van der Waals surface area contributed by atoms with Crippen LogP contribution in [0.15, 0.2) is 42.5 Å². The van der Waals surface area contributed by atoms with Gasteiger partial charge in [-0.25, -0.2) is 9.97 Å². The summed E-state index contributed by atoms with van der Waals surface area (Å²) >= 11 is 0. The molecule has 170 valence electrons. The SMILES string of the molecule is CC.CC.CCOC(=O)Cc1ccc2nc(N)nc(C(=O)N3Cc4ccccc4C3)c2c1. The molecule has 0 fully saturated rings. The second-order valence-corrected chi connectivity index (χ2v) is 6.69. The maximum atomic E-state index is 13.2. The van der Waals surface area contributed by atoms with E-state index in [1.807, 2.05) is 52.0 Å². The first-order valence-corrected chi connectivity index (χ1v) is 11.1. The van der Waals surface area contributed by atoms with Gasteiger partial charge in [-0.3, -0.25) is 9.59 Å². The van der Waals surface area contributed by atoms with Crippen molar-refractivity contribution >= 4 is 28.7 Å². The van der Waals surface area contributed by atoms with Crippen molar-refractivity contribution < 1.29 is 14.3 Å². The molecule has 0 saturated heterocycles. The number of anilines is 1. The van der Waals surface area contributed by atoms with E-state index in [-0.39, 0.29) is 29.9 Å². The summed E-state index contributed by atoms with van der Waals surface area (Å²) in [5.41, 5.74) is 9.65. The summed E-state index contributed by atoms with van der Waals surface area (Å²) in [6.45, 7) is 11.1. The predicted molar refractivity (Wildman–Crippen MR) is 127 cm³/mol. The van der Waals surface area contributed by atoms with E-state index >= 15 is 0 Å². The number of fused-ring (bicyclic) bond motifs is 2. The number of nitrogens with zero attached hydrogens (tertiary/aromatic N) is 3. The number of nitrogens with two attached hydrogens (primary N) is 1. The Hall–Kier alpha value is -3.48. The maximum Gasteiger partial charge on any atom is 0.310 e. The molecule has 3 aromatic rings. The van der Waals surface area contributed by atoms with Crippen LogP contribution in [-0.2, 0) is 29.0 Å². The normalized spacial score (nSPS) is 11.6. The summed E-state index contributed by atoms with van der Waals surface area (Å²) in [7, 11) is 0. The number of amides is 1. The highest BCUT2D eigenvalue weighted by Gasteiger charge is 2.26. The average Bonchev–Trinajstić information content (AvgIpc) is 3.25. The topological polar surface area (TPSA) is 98.4 Å². The van der Waals surface area contributed by atoms with Gasteiger partial charge in [0.05, 0.1) is 18.5 Å². The fourth-order valence-electron chi connectivity index (χ4n) is 3.47. The predicted octanol–water partition coefficient (Wildman–Crippen LogP) is 4.53. The minimum absolute atomic E-state index is 0.0469. The van der Waals surface area contributed by atoms with Crippen LogP contribution in [0.25, 0.3) is 10.9 Å². The van der Waals surface area contributed by atoms with E-state index in [0.717, 1.165) is 16.7 Å². The van der Waals surface area contributed by atoms with E-state index < -0.39 is 0 Å². The van der Waals surface area contributed by atoms with Gasteiger partial charge in [-0.2, -0.15) is 0 Å². The van der Waals surface area contributed by atoms with Crippen molar-refractivity contribution in [2.24, 2.45) is 0 Å². The first-order chi connectivity index (χ1) is 15.5. The lowest BCUT2D eigenvalue weighted by atomic mass is 10.1. The van der Waals surface area contributed by atoms with Crippen LogP contribution in [0.1, 0.15) is 61.8 Å². The van der Waals surface area contributed by atoms with E-state index in [2.05, 4.69) is 9.97 Å². The van der Waals surface area contributed by atoms with Gasteiger partial charge in [0.1, 0.15) is 5.69 Å². The number of esters is 1. The first-order valence-electron chi connectivity index (χ1n) is 11.1. The van der Waals surface area contributed by atoms with Gasteiger partial charge in [0, 0.05) is 18.5 Å². The maximum absolute atomic E-state index is 13.2. The molecule has 1 aliphatic rings. The monoisotopic (exact) mass is 436 g/mol. The minimum Gasteiger partial charge on any atom is -0.466 e. The molecule has 1 aromatic heterocycles. The molecule has 0 spiro atoms. The van der Waals surface area contributed by atoms with Crippen molar-refractivity contribution in [3.8, 4) is 0 Å². The van der Waals surface area contributed by atoms with Gasteiger partial charge >= 0.3 is 5.97 Å². The lowest BCUT2D eigenvalue weighted by molar-refractivity contribution is -0.142. The van der Waals surface area contributed by atoms with E-state index in [4.69, 9.17) is 10.5 Å². The molecule has 2 N–H and O–H groups in total. The van der Waals surface area contributed by atoms with Gasteiger partial charge in [0.2, 0.25) is 5.95 Å². The standard InChI is InChI=1S/C21H20N4O3.2C2H6/c1-2-28-18(26)10-13-7-8-17-16(9-13)19(24-21(22)23-17)20(27)25-11-14-5-3-4-6-15(14)12-25;2*1-2/h3-9H,2,10-12H2,1H3,(H2,22,23,24);2*1-2H3. The number of hydrogen-bond donors (Lipinski definition) is 1. The van der Waals surface area contributed by atoms with E-state index in [1.165, 1.54) is 0 Å². The zero-order chi connectivity index (χ0) is 23.7. The third kappa shape index (κ3) is 5.60. The smallest absolute Gasteiger partial charge is 0.310 e. The van der Waals surface area contributed by atoms with Gasteiger partial charge in [0.15, 0.2) is 0 Å². The van der Waals surface area contributed by atoms with Gasteiger partial charge in [0.25, 0.3) is 5.91 Å². The number of hydrogen-bond acceptors (Lipinski definition) is 6. The number of aromatic nitrogens is 2. The van der Waals surface area contributed by atoms with Crippen LogP contribution in [0.2, 0.25) is 0 Å². The van der Waals surface area contributed by atoms with E-state index in [1.54, 1.807) is 30.0 Å². The number of nitrogen functional groups attached to an aromatic ring is 1. The second kappa shape index (κ2) is 11.8. The van der Waals surface area contributed by atoms with Gasteiger partial charge in [-0.15, -0.1) is 0 Å². The van der Waals surface area contributed by atoms with E-state index in [9.17, 15) is 9.59 Å². The summed E-state index contributed by atoms with van der Waals surface area (Å²) < 4.78 is 5.01. The molecule has 2 heterocycles. The molecule has 1 amide bonds. The van der Waals surface area contributed by atoms with Gasteiger partial charge < -0.3 is 15.4 Å². The van der Waals surface area contributed by atoms with E-state index in [0.29, 0.717) is 30.6 Å². The highest BCUT2D eigenvalue weighted by atomic mass is 16.5. The number of carbonyl (C=O) groups excluding carboxylic acids is 2. The summed E-state index contributed by atoms with van der Waals surface area (Å²) in [6.07, 6.45) is 0.122. The Morgan fingerprint density at radius 3 is 2.22 bits per heavy atom. The molecular formula is C25H32N4O3. The first kappa shape index (κ1) is 24.8. The molecule has 32 heavy (non-hydrogen) atoms. The Morgan fingerprint density at radius 2 is 1.62 bits per heavy atom. The van der Waals surface area contributed by atoms with Crippen LogP contribution in [0, 0.1) is 0 Å². The molecule has 7 nitrogen and oxygen atoms in total. The Kier molecular flexibility index (Phi) is 9.13. The summed E-state index contributed by atoms with van der Waals surface area (Å²) in [4.78, 5) is 35.2. The quantitative estimate of drug-likeness (QED) is 0.604. The summed E-state index contributed by atoms with van der Waals surface area (Å²) in [6, 6.07) is 13.3. The third-order valence-corrected chi connectivity index (χ3v) is 4.76. The molecule has 0 saturated carbocycles. The van der Waals surface area contributed by atoms with Crippen LogP contribution in [-0.4, -0.2) is 33.4 Å². The fourth-order valence-corrected chi connectivity index (χ4v) is 3.47. The second-order valence-electron chi connectivity index (χ2n) is 6.69. The number of ether oxygens (including phenoxy) is 1. The fraction of sp³-hybridized carbons (Fsp3) is 0.360. The van der Waals surface area contributed by atoms with Crippen molar-refractivity contribution in [3.05, 3.63) is 64.8 Å². The molecule has 0 bridgehead atoms. The molecule has 0 aliphatic carbocycles. The number of carbonyl (C=O) groups is 2. The molecule has 7 heteroatoms. The lowest BCUT2D eigenvalue weighted by Crippen LogP contribution is -2.27. The summed E-state index contributed by atoms with van der Waals surface area (Å²) in [5.74, 6) is -0.477. The van der Waals surface area contributed by atoms with Crippen molar-refractivity contribution in [2.75, 3.05) is 12.3 Å². The van der Waals surface area contributed by atoms with Crippen LogP contribution in [0.5, 0.6) is 0 Å². The molecule has 2 aromatic carbocycles. The van der Waals surface area contributed by atoms with Crippen LogP contribution in [0.4, 0.5) is 5.95 Å². The largest absolute Gasteiger partial charge is 0.466 e. The van der Waals surface area contributed by atoms with Crippen molar-refractivity contribution in [1.82, 2.24) is 14.9 Å². The molecule has 0 unspecified atom stereocenters. The van der Waals surface area contributed by atoms with Crippen molar-refractivity contribution in [3.63, 3.8) is 0 Å². The zero-order valence-corrected chi connectivity index (χ0v) is 19.5. The lowest BCUT2D eigenvalue weighted by Gasteiger charge is -2.16. The van der Waals surface area contributed by atoms with Crippen LogP contribution < -0.4 is 5.73 Å². The minimum atomic E-state index is -0.318. The molecule has 0 radical (unpaired) electrons. The number of rotatable bonds is 4. The third-order valence-electron chi connectivity index (χ3n) is 4.76. The number of benzene rings is 2. The highest BCUT2D eigenvalue weighted by molar-refractivity contribution is 6.05. The van der Waals surface area contributed by atoms with Crippen LogP contribution in [0.3, 0.4) is 0 Å². The highest BCUT2D eigenvalue weighted by Crippen LogP contribution is 2.26.